The molecule has 0 saturated heterocycles. The lowest BCUT2D eigenvalue weighted by Gasteiger charge is -2.01. The van der Waals surface area contributed by atoms with E-state index in [9.17, 15) is 0 Å². The van der Waals surface area contributed by atoms with Crippen LogP contribution in [0.4, 0.5) is 5.82 Å². The number of nitrogen functional groups attached to an aromatic ring is 1. The van der Waals surface area contributed by atoms with E-state index in [-0.39, 0.29) is 0 Å². The largest absolute Gasteiger partial charge is 0.382 e. The number of imidazole rings is 1. The Morgan fingerprint density at radius 2 is 2.29 bits per heavy atom. The Hall–Kier alpha value is -1.84. The molecule has 2 rings (SSSR count). The van der Waals surface area contributed by atoms with Crippen LogP contribution in [0.15, 0.2) is 30.7 Å². The molecule has 0 aromatic carbocycles. The number of aromatic nitrogens is 3. The summed E-state index contributed by atoms with van der Waals surface area (Å²) in [6.07, 6.45) is 3.50. The maximum Gasteiger partial charge on any atom is 0.141 e. The van der Waals surface area contributed by atoms with Gasteiger partial charge in [-0.1, -0.05) is 6.07 Å². The van der Waals surface area contributed by atoms with E-state index < -0.39 is 0 Å². The van der Waals surface area contributed by atoms with Crippen LogP contribution < -0.4 is 5.73 Å². The Bertz CT molecular complexity index is 433. The second-order valence-corrected chi connectivity index (χ2v) is 3.24. The van der Waals surface area contributed by atoms with Gasteiger partial charge in [-0.15, -0.1) is 0 Å². The summed E-state index contributed by atoms with van der Waals surface area (Å²) in [5.74, 6) is 0.539. The highest BCUT2D eigenvalue weighted by atomic mass is 15.1. The molecule has 0 bridgehead atoms. The van der Waals surface area contributed by atoms with E-state index in [4.69, 9.17) is 5.73 Å². The van der Waals surface area contributed by atoms with E-state index >= 15 is 0 Å². The Kier molecular flexibility index (Phi) is 2.18. The van der Waals surface area contributed by atoms with Crippen LogP contribution in [0.25, 0.3) is 0 Å². The highest BCUT2D eigenvalue weighted by Gasteiger charge is 1.97. The molecule has 0 atom stereocenters. The molecule has 2 aromatic rings. The number of rotatable bonds is 2. The lowest BCUT2D eigenvalue weighted by molar-refractivity contribution is 0.769. The highest BCUT2D eigenvalue weighted by Crippen LogP contribution is 2.03. The lowest BCUT2D eigenvalue weighted by atomic mass is 10.3. The molecule has 0 amide bonds. The van der Waals surface area contributed by atoms with Gasteiger partial charge in [0.25, 0.3) is 0 Å². The predicted molar refractivity (Wildman–Crippen MR) is 54.7 cm³/mol. The SMILES string of the molecule is Cc1cccc(Cn2cnc(N)c2)n1. The third-order valence-electron chi connectivity index (χ3n) is 1.94. The van der Waals surface area contributed by atoms with Crippen LogP contribution in [-0.2, 0) is 6.54 Å². The fraction of sp³-hybridized carbons (Fsp3) is 0.200. The van der Waals surface area contributed by atoms with Gasteiger partial charge in [-0.25, -0.2) is 4.98 Å². The van der Waals surface area contributed by atoms with Crippen molar-refractivity contribution in [3.05, 3.63) is 42.1 Å². The summed E-state index contributed by atoms with van der Waals surface area (Å²) in [5, 5.41) is 0. The Morgan fingerprint density at radius 1 is 1.43 bits per heavy atom. The maximum atomic E-state index is 5.51. The van der Waals surface area contributed by atoms with Crippen LogP contribution in [0.2, 0.25) is 0 Å². The number of hydrogen-bond donors (Lipinski definition) is 1. The maximum absolute atomic E-state index is 5.51. The van der Waals surface area contributed by atoms with Crippen LogP contribution >= 0.6 is 0 Å². The van der Waals surface area contributed by atoms with Crippen LogP contribution in [-0.4, -0.2) is 14.5 Å². The first-order valence-electron chi connectivity index (χ1n) is 4.44. The summed E-state index contributed by atoms with van der Waals surface area (Å²) in [4.78, 5) is 8.34. The van der Waals surface area contributed by atoms with Crippen LogP contribution in [0.5, 0.6) is 0 Å². The fourth-order valence-electron chi connectivity index (χ4n) is 1.34. The lowest BCUT2D eigenvalue weighted by Crippen LogP contribution is -1.99. The van der Waals surface area contributed by atoms with Crippen molar-refractivity contribution in [2.45, 2.75) is 13.5 Å². The number of anilines is 1. The third-order valence-corrected chi connectivity index (χ3v) is 1.94. The smallest absolute Gasteiger partial charge is 0.141 e. The molecule has 0 aliphatic heterocycles. The quantitative estimate of drug-likeness (QED) is 0.770. The minimum Gasteiger partial charge on any atom is -0.382 e. The first-order chi connectivity index (χ1) is 6.74. The molecule has 2 heterocycles. The van der Waals surface area contributed by atoms with Crippen molar-refractivity contribution < 1.29 is 0 Å². The molecule has 2 N–H and O–H groups in total. The van der Waals surface area contributed by atoms with Gasteiger partial charge >= 0.3 is 0 Å². The number of pyridine rings is 1. The molecule has 0 aliphatic rings. The van der Waals surface area contributed by atoms with Gasteiger partial charge in [0.2, 0.25) is 0 Å². The number of aryl methyl sites for hydroxylation is 1. The standard InChI is InChI=1S/C10H12N4/c1-8-3-2-4-9(13-8)5-14-6-10(11)12-7-14/h2-4,6-7H,5,11H2,1H3. The molecule has 14 heavy (non-hydrogen) atoms. The molecule has 2 aromatic heterocycles. The second-order valence-electron chi connectivity index (χ2n) is 3.24. The van der Waals surface area contributed by atoms with Gasteiger partial charge in [0.1, 0.15) is 5.82 Å². The predicted octanol–water partition coefficient (Wildman–Crippen LogP) is 1.22. The van der Waals surface area contributed by atoms with Gasteiger partial charge in [-0.05, 0) is 19.1 Å². The first kappa shape index (κ1) is 8.74. The molecule has 72 valence electrons. The normalized spacial score (nSPS) is 10.4. The van der Waals surface area contributed by atoms with E-state index in [1.165, 1.54) is 0 Å². The van der Waals surface area contributed by atoms with E-state index in [2.05, 4.69) is 9.97 Å². The topological polar surface area (TPSA) is 56.7 Å². The molecular formula is C10H12N4. The summed E-state index contributed by atoms with van der Waals surface area (Å²) in [5.41, 5.74) is 7.55. The zero-order chi connectivity index (χ0) is 9.97. The Labute approximate surface area is 82.4 Å². The van der Waals surface area contributed by atoms with Gasteiger partial charge < -0.3 is 10.3 Å². The summed E-state index contributed by atoms with van der Waals surface area (Å²) < 4.78 is 1.91. The minimum atomic E-state index is 0.539. The van der Waals surface area contributed by atoms with Crippen molar-refractivity contribution in [1.29, 1.82) is 0 Å². The van der Waals surface area contributed by atoms with Gasteiger partial charge in [-0.3, -0.25) is 4.98 Å². The van der Waals surface area contributed by atoms with Crippen molar-refractivity contribution in [2.24, 2.45) is 0 Å². The van der Waals surface area contributed by atoms with Crippen molar-refractivity contribution in [1.82, 2.24) is 14.5 Å². The van der Waals surface area contributed by atoms with E-state index in [0.717, 1.165) is 11.4 Å². The summed E-state index contributed by atoms with van der Waals surface area (Å²) in [6.45, 7) is 2.69. The number of nitrogens with two attached hydrogens (primary N) is 1. The Balaban J connectivity index is 2.18. The van der Waals surface area contributed by atoms with Gasteiger partial charge in [0.05, 0.1) is 18.6 Å². The fourth-order valence-corrected chi connectivity index (χ4v) is 1.34. The van der Waals surface area contributed by atoms with Crippen molar-refractivity contribution in [2.75, 3.05) is 5.73 Å². The molecule has 0 aliphatic carbocycles. The van der Waals surface area contributed by atoms with Crippen molar-refractivity contribution >= 4 is 5.82 Å². The zero-order valence-corrected chi connectivity index (χ0v) is 8.01. The first-order valence-corrected chi connectivity index (χ1v) is 4.44. The average molecular weight is 188 g/mol. The van der Waals surface area contributed by atoms with Crippen LogP contribution in [0, 0.1) is 6.92 Å². The van der Waals surface area contributed by atoms with E-state index in [1.54, 1.807) is 12.5 Å². The molecule has 0 spiro atoms. The zero-order valence-electron chi connectivity index (χ0n) is 8.01. The van der Waals surface area contributed by atoms with Gasteiger partial charge in [0, 0.05) is 11.9 Å². The average Bonchev–Trinajstić information content (AvgIpc) is 2.51. The third kappa shape index (κ3) is 1.90. The molecule has 0 radical (unpaired) electrons. The molecular weight excluding hydrogens is 176 g/mol. The van der Waals surface area contributed by atoms with Crippen LogP contribution in [0.1, 0.15) is 11.4 Å². The summed E-state index contributed by atoms with van der Waals surface area (Å²) in [6, 6.07) is 5.97. The summed E-state index contributed by atoms with van der Waals surface area (Å²) in [7, 11) is 0. The molecule has 0 fully saturated rings. The van der Waals surface area contributed by atoms with Gasteiger partial charge in [-0.2, -0.15) is 0 Å². The van der Waals surface area contributed by atoms with Crippen LogP contribution in [0.3, 0.4) is 0 Å². The number of nitrogens with zero attached hydrogens (tertiary/aromatic N) is 3. The highest BCUT2D eigenvalue weighted by molar-refractivity contribution is 5.23. The molecule has 4 heteroatoms. The van der Waals surface area contributed by atoms with Crippen molar-refractivity contribution in [3.63, 3.8) is 0 Å². The minimum absolute atomic E-state index is 0.539. The molecule has 4 nitrogen and oxygen atoms in total. The van der Waals surface area contributed by atoms with Gasteiger partial charge in [0.15, 0.2) is 0 Å². The number of hydrogen-bond acceptors (Lipinski definition) is 3. The molecule has 0 unspecified atom stereocenters. The van der Waals surface area contributed by atoms with Crippen molar-refractivity contribution in [3.8, 4) is 0 Å². The monoisotopic (exact) mass is 188 g/mol. The Morgan fingerprint density at radius 3 is 2.93 bits per heavy atom. The van der Waals surface area contributed by atoms with E-state index in [1.807, 2.05) is 29.7 Å². The molecule has 0 saturated carbocycles. The second kappa shape index (κ2) is 3.49. The van der Waals surface area contributed by atoms with E-state index in [0.29, 0.717) is 12.4 Å². The summed E-state index contributed by atoms with van der Waals surface area (Å²) >= 11 is 0.